The Bertz CT molecular complexity index is 1180. The van der Waals surface area contributed by atoms with Gasteiger partial charge in [-0.1, -0.05) is 43.3 Å². The first-order valence-electron chi connectivity index (χ1n) is 10.5. The number of rotatable bonds is 5. The zero-order valence-electron chi connectivity index (χ0n) is 17.8. The standard InChI is InChI=1S/C24H23N3O6/c1-15-14-32-22(19(28)20(15)33-23(30)17-10-6-3-7-11-17)27-13-12-18(26-24(27)31)25-21(29)16-8-4-2-5-9-16/h2-13,15,19-20,22,28H,14H2,1H3,(H,25,26,29,31)/t15-,19+,20-,22?/m1/s1. The Morgan fingerprint density at radius 3 is 2.33 bits per heavy atom. The SMILES string of the molecule is C[C@@H]1COC(n2ccc(NC(=O)c3ccccc3)nc2=O)[C@@H](O)[C@@H]1OC(=O)c1ccccc1. The maximum atomic E-state index is 12.6. The Labute approximate surface area is 189 Å². The summed E-state index contributed by atoms with van der Waals surface area (Å²) in [5.74, 6) is -1.21. The summed E-state index contributed by atoms with van der Waals surface area (Å²) in [5, 5.41) is 13.4. The van der Waals surface area contributed by atoms with Gasteiger partial charge in [-0.05, 0) is 30.3 Å². The average molecular weight is 449 g/mol. The molecule has 1 aliphatic heterocycles. The van der Waals surface area contributed by atoms with Gasteiger partial charge in [0.05, 0.1) is 12.2 Å². The summed E-state index contributed by atoms with van der Waals surface area (Å²) >= 11 is 0. The highest BCUT2D eigenvalue weighted by Crippen LogP contribution is 2.29. The first-order chi connectivity index (χ1) is 15.9. The van der Waals surface area contributed by atoms with Crippen LogP contribution in [0.5, 0.6) is 0 Å². The van der Waals surface area contributed by atoms with E-state index in [-0.39, 0.29) is 18.3 Å². The molecular weight excluding hydrogens is 426 g/mol. The van der Waals surface area contributed by atoms with Gasteiger partial charge in [-0.25, -0.2) is 9.59 Å². The lowest BCUT2D eigenvalue weighted by Crippen LogP contribution is -2.51. The lowest BCUT2D eigenvalue weighted by molar-refractivity contribution is -0.190. The number of aliphatic hydroxyl groups excluding tert-OH is 1. The summed E-state index contributed by atoms with van der Waals surface area (Å²) in [6.07, 6.45) is -1.92. The van der Waals surface area contributed by atoms with E-state index in [0.29, 0.717) is 11.1 Å². The van der Waals surface area contributed by atoms with Crippen LogP contribution in [0.15, 0.2) is 77.7 Å². The molecule has 2 heterocycles. The zero-order valence-corrected chi connectivity index (χ0v) is 17.8. The number of anilines is 1. The molecule has 0 saturated carbocycles. The summed E-state index contributed by atoms with van der Waals surface area (Å²) in [6.45, 7) is 1.94. The van der Waals surface area contributed by atoms with Crippen molar-refractivity contribution in [3.8, 4) is 0 Å². The molecule has 2 aromatic carbocycles. The van der Waals surface area contributed by atoms with Crippen molar-refractivity contribution in [1.29, 1.82) is 0 Å². The fourth-order valence-electron chi connectivity index (χ4n) is 3.59. The fraction of sp³-hybridized carbons (Fsp3) is 0.250. The molecule has 3 aromatic rings. The third-order valence-electron chi connectivity index (χ3n) is 5.35. The lowest BCUT2D eigenvalue weighted by Gasteiger charge is -2.38. The van der Waals surface area contributed by atoms with Gasteiger partial charge in [0.15, 0.2) is 6.23 Å². The van der Waals surface area contributed by atoms with Crippen LogP contribution < -0.4 is 11.0 Å². The van der Waals surface area contributed by atoms with Crippen LogP contribution in [0, 0.1) is 5.92 Å². The highest BCUT2D eigenvalue weighted by atomic mass is 16.6. The summed E-state index contributed by atoms with van der Waals surface area (Å²) in [6, 6.07) is 18.4. The minimum atomic E-state index is -1.30. The van der Waals surface area contributed by atoms with Crippen LogP contribution in [0.4, 0.5) is 5.82 Å². The Kier molecular flexibility index (Phi) is 6.62. The van der Waals surface area contributed by atoms with Gasteiger partial charge in [0.1, 0.15) is 18.0 Å². The molecule has 1 unspecified atom stereocenters. The van der Waals surface area contributed by atoms with E-state index in [4.69, 9.17) is 9.47 Å². The van der Waals surface area contributed by atoms with Crippen LogP contribution in [0.1, 0.15) is 33.9 Å². The quantitative estimate of drug-likeness (QED) is 0.573. The minimum Gasteiger partial charge on any atom is -0.455 e. The predicted molar refractivity (Wildman–Crippen MR) is 119 cm³/mol. The Morgan fingerprint density at radius 1 is 1.06 bits per heavy atom. The van der Waals surface area contributed by atoms with Crippen molar-refractivity contribution in [2.75, 3.05) is 11.9 Å². The number of benzene rings is 2. The molecule has 9 nitrogen and oxygen atoms in total. The van der Waals surface area contributed by atoms with Crippen LogP contribution in [-0.4, -0.2) is 45.3 Å². The number of carbonyl (C=O) groups excluding carboxylic acids is 2. The van der Waals surface area contributed by atoms with Crippen molar-refractivity contribution < 1.29 is 24.2 Å². The van der Waals surface area contributed by atoms with E-state index in [1.807, 2.05) is 0 Å². The van der Waals surface area contributed by atoms with Gasteiger partial charge in [-0.15, -0.1) is 0 Å². The Hall–Kier alpha value is -3.82. The summed E-state index contributed by atoms with van der Waals surface area (Å²) < 4.78 is 12.3. The zero-order chi connectivity index (χ0) is 23.4. The number of aliphatic hydroxyl groups is 1. The van der Waals surface area contributed by atoms with Crippen molar-refractivity contribution in [1.82, 2.24) is 9.55 Å². The normalized spacial score (nSPS) is 22.4. The number of ether oxygens (including phenoxy) is 2. The molecule has 0 bridgehead atoms. The summed E-state index contributed by atoms with van der Waals surface area (Å²) in [5.41, 5.74) is 0.0523. The van der Waals surface area contributed by atoms with E-state index >= 15 is 0 Å². The molecule has 1 aliphatic rings. The third kappa shape index (κ3) is 5.00. The monoisotopic (exact) mass is 449 g/mol. The highest BCUT2D eigenvalue weighted by Gasteiger charge is 2.41. The second-order valence-corrected chi connectivity index (χ2v) is 7.75. The smallest absolute Gasteiger partial charge is 0.351 e. The molecule has 9 heteroatoms. The second-order valence-electron chi connectivity index (χ2n) is 7.75. The lowest BCUT2D eigenvalue weighted by atomic mass is 9.96. The summed E-state index contributed by atoms with van der Waals surface area (Å²) in [7, 11) is 0. The van der Waals surface area contributed by atoms with Crippen molar-refractivity contribution in [3.05, 3.63) is 94.5 Å². The molecule has 1 amide bonds. The molecule has 170 valence electrons. The Balaban J connectivity index is 1.49. The second kappa shape index (κ2) is 9.76. The first-order valence-corrected chi connectivity index (χ1v) is 10.5. The molecule has 1 saturated heterocycles. The molecule has 0 aliphatic carbocycles. The first kappa shape index (κ1) is 22.4. The molecule has 0 radical (unpaired) electrons. The van der Waals surface area contributed by atoms with E-state index in [2.05, 4.69) is 10.3 Å². The molecule has 1 aromatic heterocycles. The maximum absolute atomic E-state index is 12.6. The van der Waals surface area contributed by atoms with Crippen LogP contribution in [0.25, 0.3) is 0 Å². The number of carbonyl (C=O) groups is 2. The van der Waals surface area contributed by atoms with E-state index in [1.165, 1.54) is 12.3 Å². The van der Waals surface area contributed by atoms with Gasteiger partial charge in [0.2, 0.25) is 0 Å². The molecule has 33 heavy (non-hydrogen) atoms. The van der Waals surface area contributed by atoms with Gasteiger partial charge >= 0.3 is 11.7 Å². The van der Waals surface area contributed by atoms with Crippen LogP contribution >= 0.6 is 0 Å². The number of aromatic nitrogens is 2. The van der Waals surface area contributed by atoms with Gasteiger partial charge in [0, 0.05) is 17.7 Å². The molecular formula is C24H23N3O6. The Morgan fingerprint density at radius 2 is 1.70 bits per heavy atom. The van der Waals surface area contributed by atoms with Crippen LogP contribution in [0.2, 0.25) is 0 Å². The molecule has 2 N–H and O–H groups in total. The van der Waals surface area contributed by atoms with Crippen molar-refractivity contribution in [3.63, 3.8) is 0 Å². The molecule has 0 spiro atoms. The number of amides is 1. The van der Waals surface area contributed by atoms with Crippen LogP contribution in [-0.2, 0) is 9.47 Å². The largest absolute Gasteiger partial charge is 0.455 e. The average Bonchev–Trinajstić information content (AvgIpc) is 2.83. The van der Waals surface area contributed by atoms with Gasteiger partial charge in [-0.2, -0.15) is 4.98 Å². The van der Waals surface area contributed by atoms with E-state index in [1.54, 1.807) is 67.6 Å². The molecule has 4 atom stereocenters. The molecule has 4 rings (SSSR count). The number of hydrogen-bond acceptors (Lipinski definition) is 7. The predicted octanol–water partition coefficient (Wildman–Crippen LogP) is 2.25. The van der Waals surface area contributed by atoms with Crippen LogP contribution in [0.3, 0.4) is 0 Å². The number of hydrogen-bond donors (Lipinski definition) is 2. The highest BCUT2D eigenvalue weighted by molar-refractivity contribution is 6.03. The van der Waals surface area contributed by atoms with Gasteiger partial charge < -0.3 is 19.9 Å². The maximum Gasteiger partial charge on any atom is 0.351 e. The number of nitrogens with one attached hydrogen (secondary N) is 1. The molecule has 1 fully saturated rings. The topological polar surface area (TPSA) is 120 Å². The summed E-state index contributed by atoms with van der Waals surface area (Å²) in [4.78, 5) is 41.3. The third-order valence-corrected chi connectivity index (χ3v) is 5.35. The van der Waals surface area contributed by atoms with Crippen molar-refractivity contribution in [2.24, 2.45) is 5.92 Å². The van der Waals surface area contributed by atoms with Crippen molar-refractivity contribution >= 4 is 17.7 Å². The minimum absolute atomic E-state index is 0.0656. The van der Waals surface area contributed by atoms with Gasteiger partial charge in [0.25, 0.3) is 5.91 Å². The van der Waals surface area contributed by atoms with Gasteiger partial charge in [-0.3, -0.25) is 9.36 Å². The van der Waals surface area contributed by atoms with E-state index < -0.39 is 36.0 Å². The number of nitrogens with zero attached hydrogens (tertiary/aromatic N) is 2. The number of esters is 1. The van der Waals surface area contributed by atoms with Crippen molar-refractivity contribution in [2.45, 2.75) is 25.4 Å². The fourth-order valence-corrected chi connectivity index (χ4v) is 3.59. The van der Waals surface area contributed by atoms with E-state index in [9.17, 15) is 19.5 Å². The van der Waals surface area contributed by atoms with E-state index in [0.717, 1.165) is 4.57 Å².